The molecule has 0 spiro atoms. The third kappa shape index (κ3) is 4.76. The molecule has 2 atom stereocenters. The van der Waals surface area contributed by atoms with Gasteiger partial charge in [0.05, 0.1) is 26.2 Å². The molecule has 0 radical (unpaired) electrons. The molecule has 3 aliphatic rings. The van der Waals surface area contributed by atoms with E-state index in [2.05, 4.69) is 46.6 Å². The lowest BCUT2D eigenvalue weighted by atomic mass is 9.75. The Morgan fingerprint density at radius 3 is 2.33 bits per heavy atom. The van der Waals surface area contributed by atoms with Crippen LogP contribution in [0, 0.1) is 0 Å². The van der Waals surface area contributed by atoms with Gasteiger partial charge in [-0.3, -0.25) is 14.5 Å². The van der Waals surface area contributed by atoms with Gasteiger partial charge in [0.25, 0.3) is 5.91 Å². The van der Waals surface area contributed by atoms with Crippen molar-refractivity contribution in [1.29, 1.82) is 0 Å². The molecule has 3 aliphatic heterocycles. The molecule has 6 rings (SSSR count). The van der Waals surface area contributed by atoms with Crippen molar-refractivity contribution in [1.82, 2.24) is 15.1 Å². The lowest BCUT2D eigenvalue weighted by Gasteiger charge is -2.45. The van der Waals surface area contributed by atoms with Crippen molar-refractivity contribution in [3.05, 3.63) is 94.5 Å². The van der Waals surface area contributed by atoms with Crippen LogP contribution in [0.25, 0.3) is 0 Å². The number of carbonyl (C=O) groups is 2. The van der Waals surface area contributed by atoms with E-state index in [1.165, 1.54) is 11.1 Å². The van der Waals surface area contributed by atoms with Crippen molar-refractivity contribution in [3.63, 3.8) is 0 Å². The molecule has 1 N–H and O–H groups in total. The molecule has 1 saturated heterocycles. The van der Waals surface area contributed by atoms with E-state index < -0.39 is 5.92 Å². The maximum absolute atomic E-state index is 14.2. The molecule has 1 fully saturated rings. The van der Waals surface area contributed by atoms with E-state index in [1.54, 1.807) is 20.3 Å². The Kier molecular flexibility index (Phi) is 7.00. The summed E-state index contributed by atoms with van der Waals surface area (Å²) >= 11 is 0. The highest BCUT2D eigenvalue weighted by molar-refractivity contribution is 6.02. The van der Waals surface area contributed by atoms with Gasteiger partial charge in [0, 0.05) is 37.8 Å². The van der Waals surface area contributed by atoms with Crippen LogP contribution in [0.5, 0.6) is 11.5 Å². The minimum atomic E-state index is -0.540. The van der Waals surface area contributed by atoms with Gasteiger partial charge in [0.15, 0.2) is 11.5 Å². The van der Waals surface area contributed by atoms with E-state index in [1.807, 2.05) is 29.2 Å². The van der Waals surface area contributed by atoms with Crippen molar-refractivity contribution >= 4 is 11.8 Å². The van der Waals surface area contributed by atoms with Gasteiger partial charge >= 0.3 is 0 Å². The average molecular weight is 526 g/mol. The summed E-state index contributed by atoms with van der Waals surface area (Å²) in [6.45, 7) is 3.37. The van der Waals surface area contributed by atoms with Gasteiger partial charge in [0.2, 0.25) is 5.91 Å². The van der Waals surface area contributed by atoms with Crippen molar-refractivity contribution in [2.75, 3.05) is 33.9 Å². The second-order valence-corrected chi connectivity index (χ2v) is 10.7. The number of hydrogen-bond acceptors (Lipinski definition) is 5. The van der Waals surface area contributed by atoms with Crippen LogP contribution in [0.2, 0.25) is 0 Å². The lowest BCUT2D eigenvalue weighted by molar-refractivity contribution is -0.125. The molecule has 2 amide bonds. The summed E-state index contributed by atoms with van der Waals surface area (Å²) in [6.07, 6.45) is 2.57. The smallest absolute Gasteiger partial charge is 0.254 e. The molecule has 7 nitrogen and oxygen atoms in total. The molecule has 0 unspecified atom stereocenters. The zero-order chi connectivity index (χ0) is 26.9. The Morgan fingerprint density at radius 2 is 1.59 bits per heavy atom. The van der Waals surface area contributed by atoms with Crippen molar-refractivity contribution < 1.29 is 19.1 Å². The zero-order valence-electron chi connectivity index (χ0n) is 22.6. The van der Waals surface area contributed by atoms with Gasteiger partial charge < -0.3 is 19.7 Å². The van der Waals surface area contributed by atoms with E-state index in [-0.39, 0.29) is 23.9 Å². The van der Waals surface area contributed by atoms with Crippen molar-refractivity contribution in [2.24, 2.45) is 0 Å². The number of hydrogen-bond donors (Lipinski definition) is 1. The molecule has 0 aliphatic carbocycles. The number of fused-ring (bicyclic) bond motifs is 4. The normalized spacial score (nSPS) is 21.0. The fourth-order valence-electron chi connectivity index (χ4n) is 6.50. The molecule has 0 saturated carbocycles. The predicted octanol–water partition coefficient (Wildman–Crippen LogP) is 4.32. The Bertz CT molecular complexity index is 1370. The Labute approximate surface area is 229 Å². The fraction of sp³-hybridized carbons (Fsp3) is 0.375. The molecule has 202 valence electrons. The second kappa shape index (κ2) is 10.7. The number of nitrogens with one attached hydrogen (secondary N) is 1. The number of ether oxygens (including phenoxy) is 2. The topological polar surface area (TPSA) is 71.1 Å². The SMILES string of the molecule is COc1cc2c(cc1OC)[C@H](C(=O)NC1CCN(Cc3ccccc3)CC1)[C@@H]1c3ccccc3CCN1C2=O. The van der Waals surface area contributed by atoms with E-state index >= 15 is 0 Å². The van der Waals surface area contributed by atoms with Gasteiger partial charge in [-0.2, -0.15) is 0 Å². The molecule has 39 heavy (non-hydrogen) atoms. The zero-order valence-corrected chi connectivity index (χ0v) is 22.6. The number of benzene rings is 3. The van der Waals surface area contributed by atoms with E-state index in [9.17, 15) is 9.59 Å². The van der Waals surface area contributed by atoms with Crippen LogP contribution in [0.1, 0.15) is 57.4 Å². The Hall–Kier alpha value is -3.84. The molecule has 3 aromatic rings. The van der Waals surface area contributed by atoms with Gasteiger partial charge in [-0.15, -0.1) is 0 Å². The summed E-state index contributed by atoms with van der Waals surface area (Å²) in [5, 5.41) is 3.38. The molecular formula is C32H35N3O4. The Balaban J connectivity index is 1.29. The van der Waals surface area contributed by atoms with E-state index in [4.69, 9.17) is 9.47 Å². The van der Waals surface area contributed by atoms with Gasteiger partial charge in [-0.25, -0.2) is 0 Å². The Morgan fingerprint density at radius 1 is 0.897 bits per heavy atom. The molecular weight excluding hydrogens is 490 g/mol. The molecule has 0 aromatic heterocycles. The first kappa shape index (κ1) is 25.4. The van der Waals surface area contributed by atoms with Crippen LogP contribution >= 0.6 is 0 Å². The number of rotatable bonds is 6. The summed E-state index contributed by atoms with van der Waals surface area (Å²) in [5.41, 5.74) is 4.78. The highest BCUT2D eigenvalue weighted by Gasteiger charge is 2.47. The number of methoxy groups -OCH3 is 2. The quantitative estimate of drug-likeness (QED) is 0.519. The highest BCUT2D eigenvalue weighted by atomic mass is 16.5. The summed E-state index contributed by atoms with van der Waals surface area (Å²) in [6, 6.07) is 22.0. The monoisotopic (exact) mass is 525 g/mol. The van der Waals surface area contributed by atoms with Crippen LogP contribution in [-0.2, 0) is 17.8 Å². The van der Waals surface area contributed by atoms with Crippen LogP contribution in [0.4, 0.5) is 0 Å². The largest absolute Gasteiger partial charge is 0.493 e. The lowest BCUT2D eigenvalue weighted by Crippen LogP contribution is -2.52. The number of carbonyl (C=O) groups excluding carboxylic acids is 2. The number of piperidine rings is 1. The second-order valence-electron chi connectivity index (χ2n) is 10.7. The van der Waals surface area contributed by atoms with E-state index in [0.717, 1.165) is 44.5 Å². The molecule has 7 heteroatoms. The summed E-state index contributed by atoms with van der Waals surface area (Å²) in [5.74, 6) is 0.369. The van der Waals surface area contributed by atoms with Gasteiger partial charge in [0.1, 0.15) is 0 Å². The first-order chi connectivity index (χ1) is 19.1. The predicted molar refractivity (Wildman–Crippen MR) is 149 cm³/mol. The van der Waals surface area contributed by atoms with Crippen LogP contribution in [-0.4, -0.2) is 61.5 Å². The van der Waals surface area contributed by atoms with E-state index in [0.29, 0.717) is 29.2 Å². The van der Waals surface area contributed by atoms with Crippen LogP contribution in [0.3, 0.4) is 0 Å². The minimum absolute atomic E-state index is 0.0378. The number of nitrogens with zero attached hydrogens (tertiary/aromatic N) is 2. The fourth-order valence-corrected chi connectivity index (χ4v) is 6.50. The van der Waals surface area contributed by atoms with Crippen molar-refractivity contribution in [3.8, 4) is 11.5 Å². The molecule has 3 heterocycles. The maximum Gasteiger partial charge on any atom is 0.254 e. The van der Waals surface area contributed by atoms with Crippen LogP contribution < -0.4 is 14.8 Å². The number of amides is 2. The highest BCUT2D eigenvalue weighted by Crippen LogP contribution is 2.48. The minimum Gasteiger partial charge on any atom is -0.493 e. The maximum atomic E-state index is 14.2. The number of likely N-dealkylation sites (tertiary alicyclic amines) is 1. The standard InChI is InChI=1S/C32H35N3O4/c1-38-27-18-25-26(19-28(27)39-2)32(37)35-17-12-22-10-6-7-11-24(22)30(35)29(25)31(36)33-23-13-15-34(16-14-23)20-21-8-4-3-5-9-21/h3-11,18-19,23,29-30H,12-17,20H2,1-2H3,(H,33,36)/t29-,30-/m0/s1. The summed E-state index contributed by atoms with van der Waals surface area (Å²) < 4.78 is 11.1. The first-order valence-electron chi connectivity index (χ1n) is 13.8. The molecule has 0 bridgehead atoms. The first-order valence-corrected chi connectivity index (χ1v) is 13.8. The van der Waals surface area contributed by atoms with Gasteiger partial charge in [-0.05, 0) is 53.6 Å². The third-order valence-corrected chi connectivity index (χ3v) is 8.49. The third-order valence-electron chi connectivity index (χ3n) is 8.49. The summed E-state index contributed by atoms with van der Waals surface area (Å²) in [7, 11) is 3.14. The van der Waals surface area contributed by atoms with Crippen LogP contribution in [0.15, 0.2) is 66.7 Å². The van der Waals surface area contributed by atoms with Gasteiger partial charge in [-0.1, -0.05) is 54.6 Å². The average Bonchev–Trinajstić information content (AvgIpc) is 2.98. The van der Waals surface area contributed by atoms with Crippen molar-refractivity contribution in [2.45, 2.75) is 43.8 Å². The molecule has 3 aromatic carbocycles. The summed E-state index contributed by atoms with van der Waals surface area (Å²) in [4.78, 5) is 32.3.